The van der Waals surface area contributed by atoms with E-state index in [-0.39, 0.29) is 12.0 Å². The summed E-state index contributed by atoms with van der Waals surface area (Å²) in [4.78, 5) is 12.1. The third-order valence-corrected chi connectivity index (χ3v) is 2.83. The highest BCUT2D eigenvalue weighted by molar-refractivity contribution is 5.94. The van der Waals surface area contributed by atoms with E-state index in [1.807, 2.05) is 26.8 Å². The molecule has 0 aliphatic heterocycles. The Morgan fingerprint density at radius 1 is 1.50 bits per heavy atom. The van der Waals surface area contributed by atoms with Crippen molar-refractivity contribution in [3.05, 3.63) is 34.9 Å². The molecule has 0 fully saturated rings. The fourth-order valence-corrected chi connectivity index (χ4v) is 1.73. The Morgan fingerprint density at radius 2 is 2.25 bits per heavy atom. The first kappa shape index (κ1) is 16.2. The van der Waals surface area contributed by atoms with Crippen molar-refractivity contribution in [1.29, 1.82) is 0 Å². The molecule has 1 aromatic carbocycles. The molecular weight excluding hydrogens is 252 g/mol. The number of rotatable bonds is 5. The van der Waals surface area contributed by atoms with Crippen molar-refractivity contribution in [1.82, 2.24) is 5.32 Å². The van der Waals surface area contributed by atoms with Crippen molar-refractivity contribution >= 4 is 5.91 Å². The van der Waals surface area contributed by atoms with Gasteiger partial charge in [0.1, 0.15) is 0 Å². The molecule has 0 saturated heterocycles. The number of ether oxygens (including phenoxy) is 1. The predicted octanol–water partition coefficient (Wildman–Crippen LogP) is 1.46. The SMILES string of the molecule is CCOC(C)CNC(=O)c1ccc(C)c(C#CCN)c1. The largest absolute Gasteiger partial charge is 0.377 e. The predicted molar refractivity (Wildman–Crippen MR) is 80.5 cm³/mol. The van der Waals surface area contributed by atoms with Gasteiger partial charge in [-0.15, -0.1) is 0 Å². The summed E-state index contributed by atoms with van der Waals surface area (Å²) >= 11 is 0. The van der Waals surface area contributed by atoms with Crippen LogP contribution in [0.4, 0.5) is 0 Å². The van der Waals surface area contributed by atoms with Crippen LogP contribution in [0.25, 0.3) is 0 Å². The van der Waals surface area contributed by atoms with E-state index >= 15 is 0 Å². The summed E-state index contributed by atoms with van der Waals surface area (Å²) < 4.78 is 5.37. The lowest BCUT2D eigenvalue weighted by atomic mass is 10.0. The summed E-state index contributed by atoms with van der Waals surface area (Å²) in [7, 11) is 0. The zero-order valence-corrected chi connectivity index (χ0v) is 12.3. The summed E-state index contributed by atoms with van der Waals surface area (Å²) in [6.45, 7) is 7.25. The molecule has 0 spiro atoms. The van der Waals surface area contributed by atoms with Crippen molar-refractivity contribution in [3.8, 4) is 11.8 Å². The monoisotopic (exact) mass is 274 g/mol. The van der Waals surface area contributed by atoms with Crippen molar-refractivity contribution in [2.45, 2.75) is 26.9 Å². The van der Waals surface area contributed by atoms with Crippen LogP contribution in [-0.2, 0) is 4.74 Å². The molecule has 0 aliphatic carbocycles. The molecule has 1 aromatic rings. The standard InChI is InChI=1S/C16H22N2O2/c1-4-20-13(3)11-18-16(19)15-8-7-12(2)14(10-15)6-5-9-17/h7-8,10,13H,4,9,11,17H2,1-3H3,(H,18,19). The Bertz CT molecular complexity index is 515. The summed E-state index contributed by atoms with van der Waals surface area (Å²) in [5.74, 6) is 5.66. The van der Waals surface area contributed by atoms with Gasteiger partial charge < -0.3 is 15.8 Å². The molecule has 0 heterocycles. The topological polar surface area (TPSA) is 64.3 Å². The van der Waals surface area contributed by atoms with Gasteiger partial charge in [0, 0.05) is 24.3 Å². The number of nitrogens with one attached hydrogen (secondary N) is 1. The Hall–Kier alpha value is -1.83. The first-order valence-corrected chi connectivity index (χ1v) is 6.77. The minimum absolute atomic E-state index is 0.00546. The number of nitrogens with two attached hydrogens (primary N) is 1. The van der Waals surface area contributed by atoms with Crippen LogP contribution in [0, 0.1) is 18.8 Å². The number of carbonyl (C=O) groups is 1. The van der Waals surface area contributed by atoms with E-state index in [0.717, 1.165) is 11.1 Å². The quantitative estimate of drug-likeness (QED) is 0.799. The summed E-state index contributed by atoms with van der Waals surface area (Å²) in [5.41, 5.74) is 7.83. The molecule has 0 aliphatic rings. The van der Waals surface area contributed by atoms with Crippen LogP contribution in [0.5, 0.6) is 0 Å². The van der Waals surface area contributed by atoms with Gasteiger partial charge in [-0.2, -0.15) is 0 Å². The number of benzene rings is 1. The van der Waals surface area contributed by atoms with E-state index in [1.165, 1.54) is 0 Å². The third-order valence-electron chi connectivity index (χ3n) is 2.83. The third kappa shape index (κ3) is 5.04. The molecule has 1 amide bonds. The van der Waals surface area contributed by atoms with Crippen LogP contribution >= 0.6 is 0 Å². The van der Waals surface area contributed by atoms with Crippen molar-refractivity contribution in [2.75, 3.05) is 19.7 Å². The molecule has 4 nitrogen and oxygen atoms in total. The lowest BCUT2D eigenvalue weighted by Crippen LogP contribution is -2.32. The first-order valence-electron chi connectivity index (χ1n) is 6.77. The normalized spacial score (nSPS) is 11.4. The molecule has 0 radical (unpaired) electrons. The van der Waals surface area contributed by atoms with E-state index in [2.05, 4.69) is 17.2 Å². The molecule has 1 rings (SSSR count). The van der Waals surface area contributed by atoms with Crippen LogP contribution in [0.15, 0.2) is 18.2 Å². The van der Waals surface area contributed by atoms with Crippen LogP contribution in [-0.4, -0.2) is 31.7 Å². The van der Waals surface area contributed by atoms with Gasteiger partial charge in [-0.05, 0) is 38.5 Å². The lowest BCUT2D eigenvalue weighted by Gasteiger charge is -2.13. The average Bonchev–Trinajstić information content (AvgIpc) is 2.44. The summed E-state index contributed by atoms with van der Waals surface area (Å²) in [6, 6.07) is 5.48. The highest BCUT2D eigenvalue weighted by Crippen LogP contribution is 2.10. The molecule has 20 heavy (non-hydrogen) atoms. The maximum Gasteiger partial charge on any atom is 0.251 e. The Morgan fingerprint density at radius 3 is 2.90 bits per heavy atom. The zero-order valence-electron chi connectivity index (χ0n) is 12.3. The molecular formula is C16H22N2O2. The van der Waals surface area contributed by atoms with Crippen LogP contribution in [0.2, 0.25) is 0 Å². The van der Waals surface area contributed by atoms with E-state index in [9.17, 15) is 4.79 Å². The summed E-state index contributed by atoms with van der Waals surface area (Å²) in [5, 5.41) is 2.85. The van der Waals surface area contributed by atoms with Crippen LogP contribution < -0.4 is 11.1 Å². The molecule has 3 N–H and O–H groups in total. The van der Waals surface area contributed by atoms with Crippen molar-refractivity contribution in [3.63, 3.8) is 0 Å². The number of aryl methyl sites for hydroxylation is 1. The molecule has 0 aromatic heterocycles. The second-order valence-electron chi connectivity index (χ2n) is 4.51. The molecule has 0 bridgehead atoms. The number of hydrogen-bond donors (Lipinski definition) is 2. The Kier molecular flexibility index (Phi) is 6.78. The number of hydrogen-bond acceptors (Lipinski definition) is 3. The highest BCUT2D eigenvalue weighted by Gasteiger charge is 2.09. The van der Waals surface area contributed by atoms with E-state index in [0.29, 0.717) is 25.3 Å². The molecule has 108 valence electrons. The van der Waals surface area contributed by atoms with Crippen molar-refractivity contribution in [2.24, 2.45) is 5.73 Å². The fourth-order valence-electron chi connectivity index (χ4n) is 1.73. The van der Waals surface area contributed by atoms with E-state index in [1.54, 1.807) is 12.1 Å². The minimum atomic E-state index is -0.118. The first-order chi connectivity index (χ1) is 9.58. The highest BCUT2D eigenvalue weighted by atomic mass is 16.5. The maximum atomic E-state index is 12.1. The molecule has 1 atom stereocenters. The molecule has 1 unspecified atom stereocenters. The Balaban J connectivity index is 2.73. The minimum Gasteiger partial charge on any atom is -0.377 e. The van der Waals surface area contributed by atoms with Gasteiger partial charge in [-0.1, -0.05) is 17.9 Å². The van der Waals surface area contributed by atoms with Gasteiger partial charge in [0.25, 0.3) is 5.91 Å². The fraction of sp³-hybridized carbons (Fsp3) is 0.438. The van der Waals surface area contributed by atoms with Gasteiger partial charge in [-0.25, -0.2) is 0 Å². The summed E-state index contributed by atoms with van der Waals surface area (Å²) in [6.07, 6.45) is 0.00546. The number of amides is 1. The van der Waals surface area contributed by atoms with E-state index in [4.69, 9.17) is 10.5 Å². The zero-order chi connectivity index (χ0) is 15.0. The second-order valence-corrected chi connectivity index (χ2v) is 4.51. The molecule has 4 heteroatoms. The van der Waals surface area contributed by atoms with E-state index < -0.39 is 0 Å². The van der Waals surface area contributed by atoms with Gasteiger partial charge in [-0.3, -0.25) is 4.79 Å². The lowest BCUT2D eigenvalue weighted by molar-refractivity contribution is 0.0695. The molecule has 0 saturated carbocycles. The number of carbonyl (C=O) groups excluding carboxylic acids is 1. The van der Waals surface area contributed by atoms with Crippen LogP contribution in [0.3, 0.4) is 0 Å². The van der Waals surface area contributed by atoms with Gasteiger partial charge in [0.15, 0.2) is 0 Å². The van der Waals surface area contributed by atoms with Gasteiger partial charge in [0.2, 0.25) is 0 Å². The second kappa shape index (κ2) is 8.36. The van der Waals surface area contributed by atoms with Gasteiger partial charge >= 0.3 is 0 Å². The van der Waals surface area contributed by atoms with Crippen LogP contribution in [0.1, 0.15) is 35.3 Å². The maximum absolute atomic E-state index is 12.1. The van der Waals surface area contributed by atoms with Gasteiger partial charge in [0.05, 0.1) is 12.6 Å². The smallest absolute Gasteiger partial charge is 0.251 e. The Labute approximate surface area is 120 Å². The average molecular weight is 274 g/mol. The van der Waals surface area contributed by atoms with Crippen molar-refractivity contribution < 1.29 is 9.53 Å².